The van der Waals surface area contributed by atoms with Gasteiger partial charge in [0.15, 0.2) is 0 Å². The molecule has 0 unspecified atom stereocenters. The number of nitrogen functional groups attached to an aromatic ring is 1. The van der Waals surface area contributed by atoms with Crippen LogP contribution in [0.5, 0.6) is 0 Å². The van der Waals surface area contributed by atoms with Gasteiger partial charge in [-0.25, -0.2) is 23.2 Å². The number of nitrogens with zero attached hydrogens (tertiary/aromatic N) is 1. The number of hydrogen-bond acceptors (Lipinski definition) is 6. The highest BCUT2D eigenvalue weighted by Gasteiger charge is 2.27. The van der Waals surface area contributed by atoms with Crippen LogP contribution in [0.3, 0.4) is 0 Å². The van der Waals surface area contributed by atoms with E-state index in [4.69, 9.17) is 20.7 Å². The average molecular weight is 494 g/mol. The number of likely N-dealkylation sites (tertiary alicyclic amines) is 1. The molecule has 2 aromatic rings. The molecule has 11 heteroatoms. The van der Waals surface area contributed by atoms with Gasteiger partial charge in [-0.2, -0.15) is 0 Å². The fourth-order valence-electron chi connectivity index (χ4n) is 3.38. The van der Waals surface area contributed by atoms with Crippen LogP contribution in [-0.4, -0.2) is 57.9 Å². The standard InChI is InChI=1S/C17H23FN2O4.C7H6FNO2/c1-17(2,3)24-16(23)20-9-7-11(8-10-20)19-13-6-4-5-12(18)14(13)15(21)22;8-4-2-1-3-5(9)6(4)7(10)11/h4-6,11,19H,7-10H2,1-3H3,(H,21,22);1-3H,9H2,(H,10,11). The predicted octanol–water partition coefficient (Wildman–Crippen LogP) is 4.44. The summed E-state index contributed by atoms with van der Waals surface area (Å²) in [5.74, 6) is -4.22. The first kappa shape index (κ1) is 27.4. The molecule has 1 aliphatic rings. The first-order valence-electron chi connectivity index (χ1n) is 10.8. The van der Waals surface area contributed by atoms with Crippen molar-refractivity contribution in [3.8, 4) is 0 Å². The molecule has 9 nitrogen and oxygen atoms in total. The number of anilines is 2. The minimum Gasteiger partial charge on any atom is -0.478 e. The van der Waals surface area contributed by atoms with Crippen molar-refractivity contribution in [2.45, 2.75) is 45.3 Å². The molecule has 2 aromatic carbocycles. The third-order valence-corrected chi connectivity index (χ3v) is 4.99. The molecule has 35 heavy (non-hydrogen) atoms. The molecule has 1 fully saturated rings. The van der Waals surface area contributed by atoms with Gasteiger partial charge >= 0.3 is 18.0 Å². The van der Waals surface area contributed by atoms with Crippen molar-refractivity contribution >= 4 is 29.4 Å². The van der Waals surface area contributed by atoms with E-state index >= 15 is 0 Å². The number of aromatic carboxylic acids is 2. The number of carboxylic acid groups (broad SMARTS) is 2. The molecule has 5 N–H and O–H groups in total. The summed E-state index contributed by atoms with van der Waals surface area (Å²) in [6.45, 7) is 6.46. The molecule has 0 aromatic heterocycles. The Morgan fingerprint density at radius 2 is 1.49 bits per heavy atom. The zero-order chi connectivity index (χ0) is 26.3. The van der Waals surface area contributed by atoms with Crippen LogP contribution in [0.25, 0.3) is 0 Å². The fraction of sp³-hybridized carbons (Fsp3) is 0.375. The van der Waals surface area contributed by atoms with Gasteiger partial charge in [-0.15, -0.1) is 0 Å². The summed E-state index contributed by atoms with van der Waals surface area (Å²) >= 11 is 0. The molecule has 0 bridgehead atoms. The fourth-order valence-corrected chi connectivity index (χ4v) is 3.38. The maximum atomic E-state index is 13.7. The minimum atomic E-state index is -1.35. The van der Waals surface area contributed by atoms with E-state index in [1.807, 2.05) is 20.8 Å². The van der Waals surface area contributed by atoms with Gasteiger partial charge in [-0.3, -0.25) is 0 Å². The second-order valence-electron chi connectivity index (χ2n) is 8.86. The predicted molar refractivity (Wildman–Crippen MR) is 126 cm³/mol. The maximum Gasteiger partial charge on any atom is 0.410 e. The van der Waals surface area contributed by atoms with Crippen molar-refractivity contribution < 1.29 is 38.1 Å². The molecular formula is C24H29F2N3O6. The van der Waals surface area contributed by atoms with Crippen LogP contribution in [0, 0.1) is 11.6 Å². The normalized spacial score (nSPS) is 13.9. The van der Waals surface area contributed by atoms with Crippen molar-refractivity contribution in [2.75, 3.05) is 24.1 Å². The number of rotatable bonds is 4. The summed E-state index contributed by atoms with van der Waals surface area (Å²) in [6, 6.07) is 7.87. The van der Waals surface area contributed by atoms with E-state index in [1.54, 1.807) is 11.0 Å². The minimum absolute atomic E-state index is 0.0245. The molecule has 0 atom stereocenters. The van der Waals surface area contributed by atoms with E-state index in [1.165, 1.54) is 18.2 Å². The Kier molecular flexibility index (Phi) is 8.99. The molecule has 1 heterocycles. The van der Waals surface area contributed by atoms with Gasteiger partial charge in [0.1, 0.15) is 28.4 Å². The quantitative estimate of drug-likeness (QED) is 0.458. The number of carbonyl (C=O) groups is 3. The Hall–Kier alpha value is -3.89. The highest BCUT2D eigenvalue weighted by atomic mass is 19.1. The molecule has 3 rings (SSSR count). The summed E-state index contributed by atoms with van der Waals surface area (Å²) < 4.78 is 31.7. The molecular weight excluding hydrogens is 464 g/mol. The van der Waals surface area contributed by atoms with E-state index in [2.05, 4.69) is 5.32 Å². The third-order valence-electron chi connectivity index (χ3n) is 4.99. The first-order chi connectivity index (χ1) is 16.3. The second-order valence-corrected chi connectivity index (χ2v) is 8.86. The van der Waals surface area contributed by atoms with Crippen molar-refractivity contribution in [3.05, 3.63) is 59.2 Å². The summed E-state index contributed by atoms with van der Waals surface area (Å²) in [7, 11) is 0. The van der Waals surface area contributed by atoms with Crippen molar-refractivity contribution in [3.63, 3.8) is 0 Å². The average Bonchev–Trinajstić information content (AvgIpc) is 2.73. The summed E-state index contributed by atoms with van der Waals surface area (Å²) in [5.41, 5.74) is 4.05. The van der Waals surface area contributed by atoms with Gasteiger partial charge in [0.25, 0.3) is 0 Å². The van der Waals surface area contributed by atoms with E-state index in [0.29, 0.717) is 25.9 Å². The molecule has 0 saturated carbocycles. The van der Waals surface area contributed by atoms with Gasteiger partial charge in [0, 0.05) is 24.8 Å². The van der Waals surface area contributed by atoms with E-state index in [-0.39, 0.29) is 29.1 Å². The van der Waals surface area contributed by atoms with Gasteiger partial charge in [0.05, 0.1) is 5.69 Å². The molecule has 1 aliphatic heterocycles. The zero-order valence-electron chi connectivity index (χ0n) is 19.7. The molecule has 0 aliphatic carbocycles. The molecule has 1 saturated heterocycles. The van der Waals surface area contributed by atoms with Crippen LogP contribution >= 0.6 is 0 Å². The number of halogens is 2. The van der Waals surface area contributed by atoms with Gasteiger partial charge in [0.2, 0.25) is 0 Å². The van der Waals surface area contributed by atoms with Crippen LogP contribution in [-0.2, 0) is 4.74 Å². The topological polar surface area (TPSA) is 142 Å². The third kappa shape index (κ3) is 7.83. The lowest BCUT2D eigenvalue weighted by molar-refractivity contribution is 0.0210. The van der Waals surface area contributed by atoms with Crippen molar-refractivity contribution in [1.82, 2.24) is 4.90 Å². The molecule has 190 valence electrons. The summed E-state index contributed by atoms with van der Waals surface area (Å²) in [6.07, 6.45) is 0.918. The Labute approximate surface area is 201 Å². The SMILES string of the molecule is CC(C)(C)OC(=O)N1CCC(Nc2cccc(F)c2C(=O)O)CC1.Nc1cccc(F)c1C(=O)O. The van der Waals surface area contributed by atoms with Crippen LogP contribution in [0.2, 0.25) is 0 Å². The largest absolute Gasteiger partial charge is 0.478 e. The number of piperidine rings is 1. The molecule has 0 spiro atoms. The number of amides is 1. The monoisotopic (exact) mass is 493 g/mol. The molecule has 0 radical (unpaired) electrons. The Morgan fingerprint density at radius 1 is 0.971 bits per heavy atom. The highest BCUT2D eigenvalue weighted by Crippen LogP contribution is 2.23. The van der Waals surface area contributed by atoms with Crippen LogP contribution < -0.4 is 11.1 Å². The number of nitrogens with two attached hydrogens (primary N) is 1. The number of carboxylic acids is 2. The van der Waals surface area contributed by atoms with Gasteiger partial charge in [-0.05, 0) is 57.9 Å². The zero-order valence-corrected chi connectivity index (χ0v) is 19.7. The summed E-state index contributed by atoms with van der Waals surface area (Å²) in [4.78, 5) is 35.2. The van der Waals surface area contributed by atoms with Crippen molar-refractivity contribution in [2.24, 2.45) is 0 Å². The van der Waals surface area contributed by atoms with Crippen LogP contribution in [0.15, 0.2) is 36.4 Å². The smallest absolute Gasteiger partial charge is 0.410 e. The lowest BCUT2D eigenvalue weighted by Crippen LogP contribution is -2.44. The van der Waals surface area contributed by atoms with E-state index in [0.717, 1.165) is 12.1 Å². The number of hydrogen-bond donors (Lipinski definition) is 4. The van der Waals surface area contributed by atoms with Crippen molar-refractivity contribution in [1.29, 1.82) is 0 Å². The Balaban J connectivity index is 0.000000328. The van der Waals surface area contributed by atoms with Gasteiger partial charge in [-0.1, -0.05) is 12.1 Å². The van der Waals surface area contributed by atoms with E-state index < -0.39 is 34.7 Å². The Morgan fingerprint density at radius 3 is 1.94 bits per heavy atom. The molecule has 1 amide bonds. The lowest BCUT2D eigenvalue weighted by Gasteiger charge is -2.34. The summed E-state index contributed by atoms with van der Waals surface area (Å²) in [5, 5.41) is 20.7. The Bertz CT molecular complexity index is 1060. The second kappa shape index (κ2) is 11.5. The van der Waals surface area contributed by atoms with Gasteiger partial charge < -0.3 is 30.9 Å². The van der Waals surface area contributed by atoms with E-state index in [9.17, 15) is 23.2 Å². The lowest BCUT2D eigenvalue weighted by atomic mass is 10.0. The van der Waals surface area contributed by atoms with Crippen LogP contribution in [0.4, 0.5) is 25.0 Å². The highest BCUT2D eigenvalue weighted by molar-refractivity contribution is 5.94. The maximum absolute atomic E-state index is 13.7. The first-order valence-corrected chi connectivity index (χ1v) is 10.8. The number of carbonyl (C=O) groups excluding carboxylic acids is 1. The number of nitrogens with one attached hydrogen (secondary N) is 1. The number of ether oxygens (including phenoxy) is 1. The number of benzene rings is 2. The van der Waals surface area contributed by atoms with Crippen LogP contribution in [0.1, 0.15) is 54.3 Å².